The van der Waals surface area contributed by atoms with Crippen LogP contribution in [0.1, 0.15) is 25.0 Å². The first-order valence-electron chi connectivity index (χ1n) is 7.32. The molecule has 0 spiro atoms. The van der Waals surface area contributed by atoms with E-state index >= 15 is 0 Å². The third kappa shape index (κ3) is 4.76. The van der Waals surface area contributed by atoms with Crippen LogP contribution in [0.5, 0.6) is 11.5 Å². The Labute approximate surface area is 131 Å². The van der Waals surface area contributed by atoms with E-state index in [0.29, 0.717) is 13.0 Å². The fourth-order valence-corrected chi connectivity index (χ4v) is 1.98. The lowest BCUT2D eigenvalue weighted by Crippen LogP contribution is -2.44. The molecule has 0 aliphatic carbocycles. The van der Waals surface area contributed by atoms with Gasteiger partial charge in [-0.25, -0.2) is 0 Å². The smallest absolute Gasteiger partial charge is 0.119 e. The zero-order valence-electron chi connectivity index (χ0n) is 13.0. The minimum Gasteiger partial charge on any atom is -0.508 e. The monoisotopic (exact) mass is 301 g/mol. The standard InChI is InChI=1S/C18H23NO3/c1-18(2,21)17(19)11-13-5-9-16(10-6-13)22-12-14-3-7-15(20)8-4-14/h3-10,17,20-21H,11-12,19H2,1-2H3/t17-/m0/s1. The van der Waals surface area contributed by atoms with Crippen LogP contribution in [0, 0.1) is 0 Å². The molecule has 0 saturated heterocycles. The van der Waals surface area contributed by atoms with Crippen LogP contribution in [0.25, 0.3) is 0 Å². The highest BCUT2D eigenvalue weighted by atomic mass is 16.5. The van der Waals surface area contributed by atoms with Crippen molar-refractivity contribution < 1.29 is 14.9 Å². The fraction of sp³-hybridized carbons (Fsp3) is 0.333. The number of phenols is 1. The van der Waals surface area contributed by atoms with E-state index in [1.54, 1.807) is 26.0 Å². The van der Waals surface area contributed by atoms with Gasteiger partial charge in [-0.05, 0) is 55.7 Å². The first kappa shape index (κ1) is 16.3. The van der Waals surface area contributed by atoms with Crippen LogP contribution in [0.4, 0.5) is 0 Å². The fourth-order valence-electron chi connectivity index (χ4n) is 1.98. The summed E-state index contributed by atoms with van der Waals surface area (Å²) in [6.07, 6.45) is 0.613. The van der Waals surface area contributed by atoms with E-state index in [0.717, 1.165) is 16.9 Å². The number of hydrogen-bond acceptors (Lipinski definition) is 4. The van der Waals surface area contributed by atoms with Crippen molar-refractivity contribution in [2.75, 3.05) is 0 Å². The normalized spacial score (nSPS) is 12.9. The van der Waals surface area contributed by atoms with Crippen LogP contribution < -0.4 is 10.5 Å². The molecule has 0 bridgehead atoms. The maximum Gasteiger partial charge on any atom is 0.119 e. The summed E-state index contributed by atoms with van der Waals surface area (Å²) in [4.78, 5) is 0. The molecule has 0 amide bonds. The molecule has 4 nitrogen and oxygen atoms in total. The van der Waals surface area contributed by atoms with Gasteiger partial charge < -0.3 is 20.7 Å². The average molecular weight is 301 g/mol. The molecule has 0 aromatic heterocycles. The molecule has 2 rings (SSSR count). The van der Waals surface area contributed by atoms with E-state index < -0.39 is 5.60 Å². The molecule has 0 heterocycles. The third-order valence-electron chi connectivity index (χ3n) is 3.63. The van der Waals surface area contributed by atoms with Gasteiger partial charge in [-0.2, -0.15) is 0 Å². The van der Waals surface area contributed by atoms with Crippen molar-refractivity contribution in [3.63, 3.8) is 0 Å². The van der Waals surface area contributed by atoms with Gasteiger partial charge in [-0.3, -0.25) is 0 Å². The Bertz CT molecular complexity index is 585. The molecule has 2 aromatic carbocycles. The van der Waals surface area contributed by atoms with Gasteiger partial charge in [0, 0.05) is 6.04 Å². The van der Waals surface area contributed by atoms with Crippen LogP contribution in [0.2, 0.25) is 0 Å². The van der Waals surface area contributed by atoms with Gasteiger partial charge in [0.05, 0.1) is 5.60 Å². The molecule has 1 atom stereocenters. The zero-order chi connectivity index (χ0) is 16.2. The van der Waals surface area contributed by atoms with Gasteiger partial charge >= 0.3 is 0 Å². The molecular weight excluding hydrogens is 278 g/mol. The molecule has 2 aromatic rings. The molecule has 4 heteroatoms. The van der Waals surface area contributed by atoms with E-state index in [1.165, 1.54) is 0 Å². The van der Waals surface area contributed by atoms with Crippen LogP contribution in [-0.4, -0.2) is 21.9 Å². The molecule has 0 radical (unpaired) electrons. The maximum atomic E-state index is 9.86. The van der Waals surface area contributed by atoms with E-state index in [9.17, 15) is 10.2 Å². The van der Waals surface area contributed by atoms with Crippen molar-refractivity contribution in [1.82, 2.24) is 0 Å². The zero-order valence-corrected chi connectivity index (χ0v) is 13.0. The maximum absolute atomic E-state index is 9.86. The van der Waals surface area contributed by atoms with Gasteiger partial charge in [-0.15, -0.1) is 0 Å². The Morgan fingerprint density at radius 1 is 1.00 bits per heavy atom. The third-order valence-corrected chi connectivity index (χ3v) is 3.63. The molecule has 0 aliphatic rings. The van der Waals surface area contributed by atoms with Crippen molar-refractivity contribution in [2.45, 2.75) is 38.5 Å². The molecule has 22 heavy (non-hydrogen) atoms. The first-order chi connectivity index (χ1) is 10.3. The van der Waals surface area contributed by atoms with E-state index in [-0.39, 0.29) is 11.8 Å². The summed E-state index contributed by atoms with van der Waals surface area (Å²) < 4.78 is 5.70. The molecule has 118 valence electrons. The number of nitrogens with two attached hydrogens (primary N) is 1. The summed E-state index contributed by atoms with van der Waals surface area (Å²) in [6.45, 7) is 3.88. The summed E-state index contributed by atoms with van der Waals surface area (Å²) in [6, 6.07) is 14.3. The Hall–Kier alpha value is -2.04. The van der Waals surface area contributed by atoms with Gasteiger partial charge in [-0.1, -0.05) is 24.3 Å². The van der Waals surface area contributed by atoms with Crippen LogP contribution in [-0.2, 0) is 13.0 Å². The van der Waals surface area contributed by atoms with Crippen LogP contribution >= 0.6 is 0 Å². The molecule has 4 N–H and O–H groups in total. The minimum atomic E-state index is -0.895. The van der Waals surface area contributed by atoms with E-state index in [4.69, 9.17) is 10.5 Å². The number of benzene rings is 2. The molecule has 0 unspecified atom stereocenters. The van der Waals surface area contributed by atoms with Crippen LogP contribution in [0.15, 0.2) is 48.5 Å². The Balaban J connectivity index is 1.90. The van der Waals surface area contributed by atoms with Crippen molar-refractivity contribution in [3.05, 3.63) is 59.7 Å². The average Bonchev–Trinajstić information content (AvgIpc) is 2.47. The molecule has 0 fully saturated rings. The number of hydrogen-bond donors (Lipinski definition) is 3. The lowest BCUT2D eigenvalue weighted by Gasteiger charge is -2.25. The highest BCUT2D eigenvalue weighted by molar-refractivity contribution is 5.29. The predicted molar refractivity (Wildman–Crippen MR) is 86.9 cm³/mol. The molecule has 0 saturated carbocycles. The highest BCUT2D eigenvalue weighted by Gasteiger charge is 2.22. The SMILES string of the molecule is CC(C)(O)[C@@H](N)Cc1ccc(OCc2ccc(O)cc2)cc1. The Morgan fingerprint density at radius 3 is 2.09 bits per heavy atom. The summed E-state index contributed by atoms with van der Waals surface area (Å²) in [7, 11) is 0. The van der Waals surface area contributed by atoms with Gasteiger partial charge in [0.1, 0.15) is 18.1 Å². The lowest BCUT2D eigenvalue weighted by molar-refractivity contribution is 0.0521. The van der Waals surface area contributed by atoms with Gasteiger partial charge in [0.25, 0.3) is 0 Å². The first-order valence-corrected chi connectivity index (χ1v) is 7.32. The summed E-state index contributed by atoms with van der Waals surface area (Å²) >= 11 is 0. The second-order valence-corrected chi connectivity index (χ2v) is 6.06. The van der Waals surface area contributed by atoms with Crippen molar-refractivity contribution in [1.29, 1.82) is 0 Å². The van der Waals surface area contributed by atoms with Gasteiger partial charge in [0.2, 0.25) is 0 Å². The number of ether oxygens (including phenoxy) is 1. The number of phenolic OH excluding ortho intramolecular Hbond substituents is 1. The van der Waals surface area contributed by atoms with Gasteiger partial charge in [0.15, 0.2) is 0 Å². The highest BCUT2D eigenvalue weighted by Crippen LogP contribution is 2.18. The predicted octanol–water partition coefficient (Wildman–Crippen LogP) is 2.61. The second-order valence-electron chi connectivity index (χ2n) is 6.06. The Morgan fingerprint density at radius 2 is 1.55 bits per heavy atom. The summed E-state index contributed by atoms with van der Waals surface area (Å²) in [5.74, 6) is 1.02. The molecular formula is C18H23NO3. The van der Waals surface area contributed by atoms with E-state index in [1.807, 2.05) is 36.4 Å². The van der Waals surface area contributed by atoms with E-state index in [2.05, 4.69) is 0 Å². The summed E-state index contributed by atoms with van der Waals surface area (Å²) in [5.41, 5.74) is 7.12. The topological polar surface area (TPSA) is 75.7 Å². The lowest BCUT2D eigenvalue weighted by atomic mass is 9.93. The largest absolute Gasteiger partial charge is 0.508 e. The molecule has 0 aliphatic heterocycles. The minimum absolute atomic E-state index is 0.247. The van der Waals surface area contributed by atoms with Crippen molar-refractivity contribution >= 4 is 0 Å². The van der Waals surface area contributed by atoms with Crippen molar-refractivity contribution in [3.8, 4) is 11.5 Å². The second kappa shape index (κ2) is 6.81. The van der Waals surface area contributed by atoms with Crippen LogP contribution in [0.3, 0.4) is 0 Å². The summed E-state index contributed by atoms with van der Waals surface area (Å²) in [5, 5.41) is 19.1. The Kier molecular flexibility index (Phi) is 5.06. The number of rotatable bonds is 6. The quantitative estimate of drug-likeness (QED) is 0.766. The number of aromatic hydroxyl groups is 1. The number of aliphatic hydroxyl groups is 1. The van der Waals surface area contributed by atoms with Crippen molar-refractivity contribution in [2.24, 2.45) is 5.73 Å².